The molecular weight excluding hydrogens is 431 g/mol. The second-order valence-electron chi connectivity index (χ2n) is 7.24. The van der Waals surface area contributed by atoms with Crippen molar-refractivity contribution < 1.29 is 22.8 Å². The van der Waals surface area contributed by atoms with Crippen LogP contribution in [0.15, 0.2) is 90.8 Å². The predicted molar refractivity (Wildman–Crippen MR) is 120 cm³/mol. The summed E-state index contributed by atoms with van der Waals surface area (Å²) in [7, 11) is 0. The molecule has 166 valence electrons. The van der Waals surface area contributed by atoms with Gasteiger partial charge in [0, 0.05) is 23.0 Å². The molecule has 4 aromatic rings. The molecule has 0 saturated heterocycles. The Balaban J connectivity index is 1.66. The summed E-state index contributed by atoms with van der Waals surface area (Å²) in [6.07, 6.45) is -1.57. The first-order chi connectivity index (χ1) is 15.8. The second-order valence-corrected chi connectivity index (χ2v) is 7.24. The van der Waals surface area contributed by atoms with E-state index in [1.54, 1.807) is 54.7 Å². The first kappa shape index (κ1) is 21.9. The van der Waals surface area contributed by atoms with Gasteiger partial charge in [-0.05, 0) is 59.5 Å². The van der Waals surface area contributed by atoms with Crippen LogP contribution in [0.25, 0.3) is 17.0 Å². The van der Waals surface area contributed by atoms with Crippen LogP contribution in [-0.4, -0.2) is 16.8 Å². The number of carbonyl (C=O) groups is 2. The van der Waals surface area contributed by atoms with Crippen molar-refractivity contribution in [2.24, 2.45) is 0 Å². The van der Waals surface area contributed by atoms with Crippen molar-refractivity contribution >= 4 is 34.5 Å². The number of rotatable bonds is 5. The van der Waals surface area contributed by atoms with Gasteiger partial charge >= 0.3 is 6.18 Å². The highest BCUT2D eigenvalue weighted by molar-refractivity contribution is 6.11. The fourth-order valence-corrected chi connectivity index (χ4v) is 3.24. The molecule has 1 heterocycles. The molecule has 3 aromatic carbocycles. The van der Waals surface area contributed by atoms with Crippen molar-refractivity contribution in [2.75, 3.05) is 5.32 Å². The fourth-order valence-electron chi connectivity index (χ4n) is 3.24. The number of aromatic amines is 1. The highest BCUT2D eigenvalue weighted by atomic mass is 19.4. The number of hydrogen-bond acceptors (Lipinski definition) is 2. The molecule has 33 heavy (non-hydrogen) atoms. The van der Waals surface area contributed by atoms with Crippen LogP contribution >= 0.6 is 0 Å². The van der Waals surface area contributed by atoms with Gasteiger partial charge in [-0.2, -0.15) is 13.2 Å². The lowest BCUT2D eigenvalue weighted by Crippen LogP contribution is -2.30. The Labute approximate surface area is 186 Å². The van der Waals surface area contributed by atoms with E-state index in [4.69, 9.17) is 0 Å². The van der Waals surface area contributed by atoms with Gasteiger partial charge in [0.1, 0.15) is 5.70 Å². The van der Waals surface area contributed by atoms with Crippen LogP contribution in [-0.2, 0) is 11.0 Å². The molecule has 0 saturated carbocycles. The number of alkyl halides is 3. The van der Waals surface area contributed by atoms with Crippen molar-refractivity contribution in [3.05, 3.63) is 107 Å². The van der Waals surface area contributed by atoms with E-state index in [1.807, 2.05) is 6.07 Å². The topological polar surface area (TPSA) is 74.0 Å². The summed E-state index contributed by atoms with van der Waals surface area (Å²) in [5.41, 5.74) is 0.608. The number of nitrogens with one attached hydrogen (secondary N) is 3. The zero-order valence-electron chi connectivity index (χ0n) is 17.1. The summed E-state index contributed by atoms with van der Waals surface area (Å²) in [6.45, 7) is 0. The van der Waals surface area contributed by atoms with E-state index in [0.717, 1.165) is 23.0 Å². The monoisotopic (exact) mass is 449 g/mol. The van der Waals surface area contributed by atoms with Gasteiger partial charge in [-0.25, -0.2) is 0 Å². The van der Waals surface area contributed by atoms with Crippen LogP contribution in [0, 0.1) is 0 Å². The normalized spacial score (nSPS) is 11.9. The molecule has 2 amide bonds. The third-order valence-electron chi connectivity index (χ3n) is 4.87. The number of halogens is 3. The van der Waals surface area contributed by atoms with E-state index in [9.17, 15) is 22.8 Å². The molecule has 0 aliphatic heterocycles. The Morgan fingerprint density at radius 1 is 0.879 bits per heavy atom. The van der Waals surface area contributed by atoms with Gasteiger partial charge < -0.3 is 15.6 Å². The van der Waals surface area contributed by atoms with E-state index < -0.39 is 23.6 Å². The minimum Gasteiger partial charge on any atom is -0.361 e. The fraction of sp³-hybridized carbons (Fsp3) is 0.0400. The Morgan fingerprint density at radius 2 is 1.67 bits per heavy atom. The average Bonchev–Trinajstić information content (AvgIpc) is 3.27. The lowest BCUT2D eigenvalue weighted by molar-refractivity contribution is -0.137. The van der Waals surface area contributed by atoms with E-state index in [-0.39, 0.29) is 11.3 Å². The lowest BCUT2D eigenvalue weighted by Gasteiger charge is -2.12. The molecule has 0 aliphatic rings. The van der Waals surface area contributed by atoms with Gasteiger partial charge in [-0.15, -0.1) is 0 Å². The number of carbonyl (C=O) groups excluding carboxylic acids is 2. The highest BCUT2D eigenvalue weighted by Crippen LogP contribution is 2.30. The summed E-state index contributed by atoms with van der Waals surface area (Å²) in [5.74, 6) is -1.24. The van der Waals surface area contributed by atoms with Crippen molar-refractivity contribution in [1.82, 2.24) is 10.3 Å². The van der Waals surface area contributed by atoms with Gasteiger partial charge in [-0.3, -0.25) is 9.59 Å². The number of aromatic nitrogens is 1. The number of amides is 2. The highest BCUT2D eigenvalue weighted by Gasteiger charge is 2.30. The van der Waals surface area contributed by atoms with E-state index in [1.165, 1.54) is 18.2 Å². The van der Waals surface area contributed by atoms with Gasteiger partial charge in [-0.1, -0.05) is 36.4 Å². The van der Waals surface area contributed by atoms with Crippen LogP contribution in [0.4, 0.5) is 18.9 Å². The Bertz CT molecular complexity index is 1340. The van der Waals surface area contributed by atoms with Crippen molar-refractivity contribution in [3.8, 4) is 0 Å². The largest absolute Gasteiger partial charge is 0.416 e. The van der Waals surface area contributed by atoms with Crippen molar-refractivity contribution in [1.29, 1.82) is 0 Å². The SMILES string of the molecule is O=C(Nc1ccc2cc[nH]c2c1)/C(=C\c1cccc(C(F)(F)F)c1)NC(=O)c1ccccc1. The predicted octanol–water partition coefficient (Wildman–Crippen LogP) is 5.60. The Morgan fingerprint density at radius 3 is 2.42 bits per heavy atom. The minimum absolute atomic E-state index is 0.114. The molecule has 0 unspecified atom stereocenters. The zero-order chi connectivity index (χ0) is 23.4. The standard InChI is InChI=1S/C25H18F3N3O2/c26-25(27,28)19-8-4-5-16(13-19)14-22(31-23(32)18-6-2-1-3-7-18)24(33)30-20-10-9-17-11-12-29-21(17)15-20/h1-15,29H,(H,30,33)(H,31,32)/b22-14+. The maximum absolute atomic E-state index is 13.1. The molecule has 0 aliphatic carbocycles. The summed E-state index contributed by atoms with van der Waals surface area (Å²) < 4.78 is 39.3. The number of anilines is 1. The average molecular weight is 449 g/mol. The zero-order valence-corrected chi connectivity index (χ0v) is 17.1. The van der Waals surface area contributed by atoms with Crippen molar-refractivity contribution in [3.63, 3.8) is 0 Å². The third kappa shape index (κ3) is 5.30. The van der Waals surface area contributed by atoms with Crippen LogP contribution in [0.3, 0.4) is 0 Å². The van der Waals surface area contributed by atoms with E-state index >= 15 is 0 Å². The van der Waals surface area contributed by atoms with E-state index in [0.29, 0.717) is 11.3 Å². The lowest BCUT2D eigenvalue weighted by atomic mass is 10.1. The molecule has 0 spiro atoms. The summed E-state index contributed by atoms with van der Waals surface area (Å²) >= 11 is 0. The first-order valence-electron chi connectivity index (χ1n) is 9.93. The molecular formula is C25H18F3N3O2. The smallest absolute Gasteiger partial charge is 0.361 e. The molecule has 8 heteroatoms. The molecule has 4 rings (SSSR count). The summed E-state index contributed by atoms with van der Waals surface area (Å²) in [6, 6.07) is 19.8. The number of hydrogen-bond donors (Lipinski definition) is 3. The van der Waals surface area contributed by atoms with Crippen molar-refractivity contribution in [2.45, 2.75) is 6.18 Å². The Kier molecular flexibility index (Phi) is 5.99. The summed E-state index contributed by atoms with van der Waals surface area (Å²) in [4.78, 5) is 28.7. The van der Waals surface area contributed by atoms with Crippen LogP contribution < -0.4 is 10.6 Å². The Hall–Kier alpha value is -4.33. The molecule has 1 aromatic heterocycles. The molecule has 3 N–H and O–H groups in total. The van der Waals surface area contributed by atoms with Gasteiger partial charge in [0.15, 0.2) is 0 Å². The van der Waals surface area contributed by atoms with Crippen LogP contribution in [0.5, 0.6) is 0 Å². The first-order valence-corrected chi connectivity index (χ1v) is 9.93. The second kappa shape index (κ2) is 9.04. The third-order valence-corrected chi connectivity index (χ3v) is 4.87. The molecule has 0 atom stereocenters. The molecule has 5 nitrogen and oxygen atoms in total. The quantitative estimate of drug-likeness (QED) is 0.347. The molecule has 0 fully saturated rings. The van der Waals surface area contributed by atoms with Gasteiger partial charge in [0.05, 0.1) is 5.56 Å². The number of fused-ring (bicyclic) bond motifs is 1. The van der Waals surface area contributed by atoms with Gasteiger partial charge in [0.2, 0.25) is 0 Å². The van der Waals surface area contributed by atoms with Crippen LogP contribution in [0.1, 0.15) is 21.5 Å². The number of benzene rings is 3. The van der Waals surface area contributed by atoms with Gasteiger partial charge in [0.25, 0.3) is 11.8 Å². The maximum Gasteiger partial charge on any atom is 0.416 e. The molecule has 0 bridgehead atoms. The summed E-state index contributed by atoms with van der Waals surface area (Å²) in [5, 5.41) is 6.14. The minimum atomic E-state index is -4.54. The maximum atomic E-state index is 13.1. The molecule has 0 radical (unpaired) electrons. The number of H-pyrrole nitrogens is 1. The van der Waals surface area contributed by atoms with E-state index in [2.05, 4.69) is 15.6 Å². The van der Waals surface area contributed by atoms with Crippen LogP contribution in [0.2, 0.25) is 0 Å².